The summed E-state index contributed by atoms with van der Waals surface area (Å²) >= 11 is 73.5. The van der Waals surface area contributed by atoms with E-state index in [2.05, 4.69) is 241 Å². The Labute approximate surface area is 395 Å². The first-order valence-corrected chi connectivity index (χ1v) is 16.6. The summed E-state index contributed by atoms with van der Waals surface area (Å²) in [5.74, 6) is 0. The molecule has 8 nitrogen and oxygen atoms in total. The van der Waals surface area contributed by atoms with Crippen molar-refractivity contribution in [2.75, 3.05) is 52.4 Å². The molecule has 0 rings (SSSR count). The van der Waals surface area contributed by atoms with Gasteiger partial charge in [0, 0.05) is 52.4 Å². The maximum Gasteiger partial charge on any atom is 2.00 e. The molecule has 0 aromatic rings. The van der Waals surface area contributed by atoms with E-state index in [1.165, 1.54) is 0 Å². The molecule has 8 N–H and O–H groups in total. The van der Waals surface area contributed by atoms with Crippen LogP contribution < -0.4 is 42.5 Å². The van der Waals surface area contributed by atoms with Gasteiger partial charge in [0.15, 0.2) is 0 Å². The molecule has 0 aliphatic heterocycles. The van der Waals surface area contributed by atoms with Gasteiger partial charge in [-0.15, -0.1) is 0 Å². The van der Waals surface area contributed by atoms with E-state index in [1.807, 2.05) is 0 Å². The number of thiocarbonyl (C=S) groups is 8. The molecule has 0 saturated heterocycles. The fraction of sp³-hybridized carbons (Fsp3) is 0.500. The molecule has 0 amide bonds. The van der Waals surface area contributed by atoms with Gasteiger partial charge in [0.25, 0.3) is 0 Å². The predicted octanol–water partition coefficient (Wildman–Crippen LogP) is -0.693. The Morgan fingerprint density at radius 1 is 0.273 bits per heavy atom. The van der Waals surface area contributed by atoms with Crippen LogP contribution in [0, 0.1) is 0 Å². The predicted molar refractivity (Wildman–Crippen MR) is 224 cm³/mol. The fourth-order valence-corrected chi connectivity index (χ4v) is 2.95. The molecule has 0 aliphatic carbocycles. The first-order chi connectivity index (χ1) is 18.5. The van der Waals surface area contributed by atoms with E-state index in [9.17, 15) is 0 Å². The van der Waals surface area contributed by atoms with Crippen LogP contribution in [-0.2, 0) is 174 Å². The maximum absolute atomic E-state index is 4.59. The average molecular weight is 1080 g/mol. The van der Waals surface area contributed by atoms with Crippen LogP contribution in [0.25, 0.3) is 0 Å². The second-order valence-electron chi connectivity index (χ2n) is 5.71. The smallest absolute Gasteiger partial charge is 0.412 e. The van der Waals surface area contributed by atoms with Crippen molar-refractivity contribution in [2.45, 2.75) is 0 Å². The normalized spacial score (nSPS) is 7.64. The van der Waals surface area contributed by atoms with Crippen molar-refractivity contribution in [3.8, 4) is 0 Å². The Kier molecular flexibility index (Phi) is 75.3. The van der Waals surface area contributed by atoms with Gasteiger partial charge in [-0.25, -0.2) is 0 Å². The number of rotatable bonds is 12. The molecular formula is C16H24Mn2N8S16Zn2. The molecule has 44 heavy (non-hydrogen) atoms. The van der Waals surface area contributed by atoms with Gasteiger partial charge in [-0.1, -0.05) is 34.6 Å². The monoisotopic (exact) mass is 1080 g/mol. The molecule has 0 unspecified atom stereocenters. The van der Waals surface area contributed by atoms with Crippen LogP contribution in [0.3, 0.4) is 0 Å². The Hall–Kier alpha value is 3.17. The molecule has 2 radical (unpaired) electrons. The third-order valence-corrected chi connectivity index (χ3v) is 4.96. The molecule has 28 heteroatoms. The van der Waals surface area contributed by atoms with Crippen LogP contribution in [0.4, 0.5) is 0 Å². The summed E-state index contributed by atoms with van der Waals surface area (Å²) in [4.78, 5) is 0. The quantitative estimate of drug-likeness (QED) is 0.0549. The van der Waals surface area contributed by atoms with Gasteiger partial charge in [0.2, 0.25) is 0 Å². The van der Waals surface area contributed by atoms with E-state index in [0.29, 0.717) is 86.9 Å². The molecule has 242 valence electrons. The third kappa shape index (κ3) is 90.7. The zero-order chi connectivity index (χ0) is 31.9. The summed E-state index contributed by atoms with van der Waals surface area (Å²) in [5.41, 5.74) is 0. The van der Waals surface area contributed by atoms with E-state index in [0.717, 1.165) is 0 Å². The number of hydrogen-bond donors (Lipinski definition) is 8. The van der Waals surface area contributed by atoms with Crippen LogP contribution in [-0.4, -0.2) is 86.9 Å². The second kappa shape index (κ2) is 50.5. The Morgan fingerprint density at radius 2 is 0.341 bits per heavy atom. The number of nitrogens with one attached hydrogen (secondary N) is 8. The van der Waals surface area contributed by atoms with Crippen LogP contribution >= 0.6 is 97.7 Å². The molecule has 0 aliphatic rings. The van der Waals surface area contributed by atoms with Gasteiger partial charge in [-0.2, -0.15) is 0 Å². The van der Waals surface area contributed by atoms with E-state index < -0.39 is 0 Å². The van der Waals surface area contributed by atoms with E-state index in [4.69, 9.17) is 0 Å². The van der Waals surface area contributed by atoms with Crippen molar-refractivity contribution in [2.24, 2.45) is 0 Å². The zero-order valence-electron chi connectivity index (χ0n) is 22.4. The first kappa shape index (κ1) is 65.5. The van der Waals surface area contributed by atoms with Gasteiger partial charge >= 0.3 is 73.1 Å². The molecule has 0 saturated carbocycles. The zero-order valence-corrected chi connectivity index (χ0v) is 43.7. The summed E-state index contributed by atoms with van der Waals surface area (Å²) in [6.07, 6.45) is 0. The third-order valence-electron chi connectivity index (χ3n) is 2.65. The summed E-state index contributed by atoms with van der Waals surface area (Å²) in [7, 11) is 0. The van der Waals surface area contributed by atoms with E-state index >= 15 is 0 Å². The van der Waals surface area contributed by atoms with Gasteiger partial charge in [0.05, 0.1) is 0 Å². The first-order valence-electron chi connectivity index (χ1n) is 10.1. The van der Waals surface area contributed by atoms with Gasteiger partial charge in [-0.05, 0) is 0 Å². The molecule has 0 bridgehead atoms. The minimum absolute atomic E-state index is 0. The standard InChI is InChI=1S/4C4H8N2S4.2Mn.2Zn/c4*7-3(8)5-1-2-6-4(9)10;;;;/h4*1-2H2,(H2,5,7,8)(H2,6,9,10);;;;/q;;;;4*+2/p-8. The van der Waals surface area contributed by atoms with E-state index in [1.54, 1.807) is 0 Å². The fourth-order valence-electron chi connectivity index (χ4n) is 1.32. The van der Waals surface area contributed by atoms with Gasteiger partial charge < -0.3 is 241 Å². The van der Waals surface area contributed by atoms with Crippen LogP contribution in [0.1, 0.15) is 0 Å². The van der Waals surface area contributed by atoms with Gasteiger partial charge in [-0.3, -0.25) is 0 Å². The van der Waals surface area contributed by atoms with Crippen molar-refractivity contribution < 1.29 is 73.1 Å². The molecular weight excluding hydrogens is 1060 g/mol. The molecule has 0 heterocycles. The molecule has 0 aromatic carbocycles. The minimum atomic E-state index is 0. The summed E-state index contributed by atoms with van der Waals surface area (Å²) in [5, 5.41) is 22.2. The van der Waals surface area contributed by atoms with Crippen molar-refractivity contribution in [3.05, 3.63) is 0 Å². The van der Waals surface area contributed by atoms with Crippen molar-refractivity contribution in [1.82, 2.24) is 42.5 Å². The Morgan fingerprint density at radius 3 is 0.386 bits per heavy atom. The van der Waals surface area contributed by atoms with Crippen molar-refractivity contribution >= 4 is 233 Å². The molecule has 0 fully saturated rings. The molecule has 0 spiro atoms. The Bertz CT molecular complexity index is 628. The average Bonchev–Trinajstić information content (AvgIpc) is 2.80. The largest absolute Gasteiger partial charge is 2.00 e. The van der Waals surface area contributed by atoms with Crippen LogP contribution in [0.2, 0.25) is 0 Å². The summed E-state index contributed by atoms with van der Waals surface area (Å²) in [6.45, 7) is 5.33. The van der Waals surface area contributed by atoms with E-state index in [-0.39, 0.29) is 73.1 Å². The summed E-state index contributed by atoms with van der Waals surface area (Å²) < 4.78 is 2.98. The maximum atomic E-state index is 4.59. The van der Waals surface area contributed by atoms with Gasteiger partial charge in [0.1, 0.15) is 0 Å². The molecule has 0 atom stereocenters. The minimum Gasteiger partial charge on any atom is -0.412 e. The van der Waals surface area contributed by atoms with Crippen LogP contribution in [0.15, 0.2) is 0 Å². The van der Waals surface area contributed by atoms with Crippen molar-refractivity contribution in [3.63, 3.8) is 0 Å². The number of hydrogen-bond acceptors (Lipinski definition) is 16. The molecule has 0 aromatic heterocycles. The summed E-state index contributed by atoms with van der Waals surface area (Å²) in [6, 6.07) is 0. The second-order valence-corrected chi connectivity index (χ2v) is 14.3. The van der Waals surface area contributed by atoms with Crippen LogP contribution in [0.5, 0.6) is 0 Å². The Balaban J connectivity index is -0.0000000635. The van der Waals surface area contributed by atoms with Crippen molar-refractivity contribution in [1.29, 1.82) is 0 Å². The SMILES string of the molecule is S=C([S-])NCCNC(=S)[S-].S=C([S-])NCCNC(=S)[S-].S=C([S-])NCCNC(=S)[S-].S=C([S-])NCCNC(=S)[S-].[Mn+2].[Mn+2].[Zn+2].[Zn+2]. The topological polar surface area (TPSA) is 96.2 Å².